The summed E-state index contributed by atoms with van der Waals surface area (Å²) in [4.78, 5) is 15.3. The Morgan fingerprint density at radius 2 is 2.07 bits per heavy atom. The maximum Gasteiger partial charge on any atom is 0.129 e. The summed E-state index contributed by atoms with van der Waals surface area (Å²) in [6, 6.07) is 11.5. The van der Waals surface area contributed by atoms with Crippen LogP contribution in [0.2, 0.25) is 0 Å². The molecule has 0 aliphatic carbocycles. The van der Waals surface area contributed by atoms with Gasteiger partial charge in [0, 0.05) is 42.7 Å². The van der Waals surface area contributed by atoms with Crippen molar-refractivity contribution in [1.82, 2.24) is 15.0 Å². The van der Waals surface area contributed by atoms with Gasteiger partial charge < -0.3 is 16.4 Å². The molecule has 1 saturated heterocycles. The number of aromatic nitrogens is 3. The number of pyridine rings is 3. The van der Waals surface area contributed by atoms with E-state index < -0.39 is 0 Å². The second-order valence-corrected chi connectivity index (χ2v) is 6.65. The van der Waals surface area contributed by atoms with E-state index in [1.165, 1.54) is 0 Å². The quantitative estimate of drug-likeness (QED) is 0.614. The van der Waals surface area contributed by atoms with E-state index in [9.17, 15) is 0 Å². The third-order valence-corrected chi connectivity index (χ3v) is 4.70. The first-order valence-corrected chi connectivity index (χ1v) is 8.84. The highest BCUT2D eigenvalue weighted by atomic mass is 15.2. The van der Waals surface area contributed by atoms with Crippen molar-refractivity contribution in [3.8, 4) is 11.3 Å². The first-order valence-electron chi connectivity index (χ1n) is 8.84. The zero-order chi connectivity index (χ0) is 18.8. The van der Waals surface area contributed by atoms with Crippen LogP contribution in [0, 0.1) is 5.41 Å². The molecule has 1 aliphatic heterocycles. The van der Waals surface area contributed by atoms with Crippen LogP contribution in [-0.4, -0.2) is 39.8 Å². The molecule has 136 valence electrons. The summed E-state index contributed by atoms with van der Waals surface area (Å²) in [5.74, 6) is 0.838. The van der Waals surface area contributed by atoms with Gasteiger partial charge in [-0.1, -0.05) is 6.07 Å². The van der Waals surface area contributed by atoms with Crippen molar-refractivity contribution < 1.29 is 0 Å². The van der Waals surface area contributed by atoms with Crippen LogP contribution >= 0.6 is 0 Å². The fourth-order valence-corrected chi connectivity index (χ4v) is 3.23. The predicted octanol–water partition coefficient (Wildman–Crippen LogP) is 2.07. The highest BCUT2D eigenvalue weighted by Crippen LogP contribution is 2.24. The minimum atomic E-state index is 0.174. The molecule has 0 unspecified atom stereocenters. The van der Waals surface area contributed by atoms with Gasteiger partial charge in [-0.2, -0.15) is 0 Å². The number of rotatable bonds is 4. The third kappa shape index (κ3) is 3.50. The number of nitrogen functional groups attached to an aromatic ring is 1. The highest BCUT2D eigenvalue weighted by Gasteiger charge is 2.21. The fourth-order valence-electron chi connectivity index (χ4n) is 3.23. The zero-order valence-corrected chi connectivity index (χ0v) is 14.8. The van der Waals surface area contributed by atoms with Crippen molar-refractivity contribution in [2.45, 2.75) is 12.5 Å². The maximum atomic E-state index is 8.65. The van der Waals surface area contributed by atoms with Gasteiger partial charge in [-0.25, -0.2) is 4.98 Å². The molecule has 0 amide bonds. The lowest BCUT2D eigenvalue weighted by molar-refractivity contribution is 0.751. The van der Waals surface area contributed by atoms with Gasteiger partial charge in [0.15, 0.2) is 0 Å². The zero-order valence-electron chi connectivity index (χ0n) is 14.8. The Kier molecular flexibility index (Phi) is 4.52. The molecule has 5 N–H and O–H groups in total. The fraction of sp³-hybridized carbons (Fsp3) is 0.200. The third-order valence-electron chi connectivity index (χ3n) is 4.70. The maximum absolute atomic E-state index is 8.65. The lowest BCUT2D eigenvalue weighted by Crippen LogP contribution is -2.27. The van der Waals surface area contributed by atoms with Gasteiger partial charge in [-0.3, -0.25) is 15.4 Å². The Morgan fingerprint density at radius 1 is 1.19 bits per heavy atom. The van der Waals surface area contributed by atoms with E-state index in [0.29, 0.717) is 16.9 Å². The highest BCUT2D eigenvalue weighted by molar-refractivity contribution is 6.13. The number of nitrogens with zero attached hydrogens (tertiary/aromatic N) is 4. The van der Waals surface area contributed by atoms with Gasteiger partial charge in [0.2, 0.25) is 0 Å². The normalized spacial score (nSPS) is 16.5. The summed E-state index contributed by atoms with van der Waals surface area (Å²) >= 11 is 0. The minimum Gasteiger partial charge on any atom is -0.397 e. The summed E-state index contributed by atoms with van der Waals surface area (Å²) in [5, 5.41) is 8.65. The van der Waals surface area contributed by atoms with Crippen LogP contribution in [0.25, 0.3) is 11.3 Å². The number of hydrogen-bond donors (Lipinski definition) is 3. The molecular formula is C20H21N7. The molecule has 7 heteroatoms. The van der Waals surface area contributed by atoms with E-state index >= 15 is 0 Å². The first-order chi connectivity index (χ1) is 13.1. The van der Waals surface area contributed by atoms with E-state index in [1.54, 1.807) is 18.6 Å². The van der Waals surface area contributed by atoms with Crippen LogP contribution in [-0.2, 0) is 0 Å². The average Bonchev–Trinajstić information content (AvgIpc) is 3.15. The number of nitrogens with two attached hydrogens (primary N) is 2. The lowest BCUT2D eigenvalue weighted by Gasteiger charge is -2.18. The molecule has 1 fully saturated rings. The second kappa shape index (κ2) is 7.13. The van der Waals surface area contributed by atoms with Gasteiger partial charge >= 0.3 is 0 Å². The van der Waals surface area contributed by atoms with Crippen molar-refractivity contribution in [2.24, 2.45) is 5.73 Å². The number of nitrogens with one attached hydrogen (secondary N) is 1. The second-order valence-electron chi connectivity index (χ2n) is 6.65. The summed E-state index contributed by atoms with van der Waals surface area (Å²) in [6.07, 6.45) is 5.98. The Bertz CT molecular complexity index is 971. The monoisotopic (exact) mass is 359 g/mol. The molecule has 4 heterocycles. The lowest BCUT2D eigenvalue weighted by atomic mass is 10.0. The molecule has 0 saturated carbocycles. The van der Waals surface area contributed by atoms with Crippen LogP contribution in [0.4, 0.5) is 11.5 Å². The van der Waals surface area contributed by atoms with Crippen LogP contribution in [0.3, 0.4) is 0 Å². The van der Waals surface area contributed by atoms with Crippen molar-refractivity contribution in [3.05, 3.63) is 66.2 Å². The summed E-state index contributed by atoms with van der Waals surface area (Å²) < 4.78 is 0. The van der Waals surface area contributed by atoms with Gasteiger partial charge in [-0.15, -0.1) is 0 Å². The Labute approximate surface area is 157 Å². The minimum absolute atomic E-state index is 0.174. The average molecular weight is 359 g/mol. The van der Waals surface area contributed by atoms with E-state index in [2.05, 4.69) is 19.9 Å². The van der Waals surface area contributed by atoms with Crippen molar-refractivity contribution in [2.75, 3.05) is 23.7 Å². The van der Waals surface area contributed by atoms with Gasteiger partial charge in [0.05, 0.1) is 29.0 Å². The molecular weight excluding hydrogens is 338 g/mol. The summed E-state index contributed by atoms with van der Waals surface area (Å²) in [7, 11) is 0. The van der Waals surface area contributed by atoms with E-state index in [1.807, 2.05) is 36.4 Å². The molecule has 3 aromatic heterocycles. The molecule has 0 spiro atoms. The van der Waals surface area contributed by atoms with E-state index in [-0.39, 0.29) is 11.8 Å². The molecule has 27 heavy (non-hydrogen) atoms. The molecule has 0 aromatic carbocycles. The van der Waals surface area contributed by atoms with Gasteiger partial charge in [-0.05, 0) is 36.8 Å². The van der Waals surface area contributed by atoms with Crippen LogP contribution in [0.1, 0.15) is 17.7 Å². The van der Waals surface area contributed by atoms with Crippen molar-refractivity contribution in [1.29, 1.82) is 5.41 Å². The number of hydrogen-bond acceptors (Lipinski definition) is 7. The Balaban J connectivity index is 1.67. The molecule has 1 aliphatic rings. The molecule has 4 rings (SSSR count). The summed E-state index contributed by atoms with van der Waals surface area (Å²) in [6.45, 7) is 1.67. The van der Waals surface area contributed by atoms with Crippen LogP contribution < -0.4 is 16.4 Å². The number of anilines is 2. The smallest absolute Gasteiger partial charge is 0.129 e. The SMILES string of the molecule is N=C(c1cccc(N2CC[C@@H](N)C2)n1)c1cc(-c2cccnc2)ncc1N. The largest absolute Gasteiger partial charge is 0.397 e. The van der Waals surface area contributed by atoms with Gasteiger partial charge in [0.25, 0.3) is 0 Å². The molecule has 1 atom stereocenters. The van der Waals surface area contributed by atoms with Crippen LogP contribution in [0.5, 0.6) is 0 Å². The Hall–Kier alpha value is -3.32. The first kappa shape index (κ1) is 17.1. The van der Waals surface area contributed by atoms with E-state index in [4.69, 9.17) is 16.9 Å². The van der Waals surface area contributed by atoms with E-state index in [0.717, 1.165) is 36.6 Å². The predicted molar refractivity (Wildman–Crippen MR) is 107 cm³/mol. The topological polar surface area (TPSA) is 118 Å². The van der Waals surface area contributed by atoms with Crippen LogP contribution in [0.15, 0.2) is 55.0 Å². The van der Waals surface area contributed by atoms with Crippen molar-refractivity contribution >= 4 is 17.2 Å². The molecule has 7 nitrogen and oxygen atoms in total. The molecule has 0 bridgehead atoms. The molecule has 3 aromatic rings. The standard InChI is InChI=1S/C20H21N7/c21-14-6-8-27(12-14)19-5-1-4-17(26-19)20(23)15-9-18(25-11-16(15)22)13-3-2-7-24-10-13/h1-5,7,9-11,14,23H,6,8,12,21-22H2/t14-/m1/s1. The molecule has 0 radical (unpaired) electrons. The van der Waals surface area contributed by atoms with Crippen molar-refractivity contribution in [3.63, 3.8) is 0 Å². The Morgan fingerprint density at radius 3 is 2.81 bits per heavy atom. The van der Waals surface area contributed by atoms with Gasteiger partial charge in [0.1, 0.15) is 5.82 Å². The summed E-state index contributed by atoms with van der Waals surface area (Å²) in [5.41, 5.74) is 15.6.